The SMILES string of the molecule is Brc1cccc2c3c([nH]c12)C(Cc1cccc2ccccc12)NCC3.Cl. The van der Waals surface area contributed by atoms with Crippen LogP contribution in [0.2, 0.25) is 0 Å². The van der Waals surface area contributed by atoms with Gasteiger partial charge in [0.15, 0.2) is 0 Å². The average molecular weight is 428 g/mol. The van der Waals surface area contributed by atoms with Gasteiger partial charge in [0, 0.05) is 15.6 Å². The minimum atomic E-state index is 0. The summed E-state index contributed by atoms with van der Waals surface area (Å²) < 4.78 is 1.14. The van der Waals surface area contributed by atoms with Gasteiger partial charge >= 0.3 is 0 Å². The van der Waals surface area contributed by atoms with Crippen LogP contribution in [0.5, 0.6) is 0 Å². The Hall–Kier alpha value is -1.81. The molecule has 0 saturated carbocycles. The van der Waals surface area contributed by atoms with Crippen molar-refractivity contribution in [3.63, 3.8) is 0 Å². The van der Waals surface area contributed by atoms with E-state index in [0.717, 1.165) is 23.9 Å². The molecular weight excluding hydrogens is 408 g/mol. The summed E-state index contributed by atoms with van der Waals surface area (Å²) in [6.45, 7) is 1.03. The van der Waals surface area contributed by atoms with Gasteiger partial charge in [-0.05, 0) is 63.3 Å². The van der Waals surface area contributed by atoms with E-state index in [2.05, 4.69) is 86.9 Å². The Morgan fingerprint density at radius 2 is 1.69 bits per heavy atom. The molecule has 1 unspecified atom stereocenters. The van der Waals surface area contributed by atoms with Gasteiger partial charge in [-0.3, -0.25) is 0 Å². The van der Waals surface area contributed by atoms with Crippen molar-refractivity contribution in [2.45, 2.75) is 18.9 Å². The molecule has 2 heterocycles. The molecule has 0 fully saturated rings. The second kappa shape index (κ2) is 7.07. The number of nitrogens with one attached hydrogen (secondary N) is 2. The van der Waals surface area contributed by atoms with Gasteiger partial charge in [-0.2, -0.15) is 0 Å². The predicted octanol–water partition coefficient (Wildman–Crippen LogP) is 5.93. The van der Waals surface area contributed by atoms with Gasteiger partial charge in [-0.15, -0.1) is 12.4 Å². The van der Waals surface area contributed by atoms with E-state index in [1.165, 1.54) is 38.5 Å². The number of aromatic amines is 1. The van der Waals surface area contributed by atoms with E-state index in [0.29, 0.717) is 6.04 Å². The summed E-state index contributed by atoms with van der Waals surface area (Å²) in [5, 5.41) is 7.75. The fourth-order valence-corrected chi connectivity index (χ4v) is 4.63. The van der Waals surface area contributed by atoms with E-state index in [-0.39, 0.29) is 12.4 Å². The largest absolute Gasteiger partial charge is 0.356 e. The van der Waals surface area contributed by atoms with Crippen LogP contribution in [-0.2, 0) is 12.8 Å². The maximum absolute atomic E-state index is 3.72. The highest BCUT2D eigenvalue weighted by Crippen LogP contribution is 2.35. The number of hydrogen-bond acceptors (Lipinski definition) is 1. The van der Waals surface area contributed by atoms with Crippen LogP contribution in [0.15, 0.2) is 65.1 Å². The topological polar surface area (TPSA) is 27.8 Å². The Labute approximate surface area is 167 Å². The number of aromatic nitrogens is 1. The fourth-order valence-electron chi connectivity index (χ4n) is 4.16. The number of benzene rings is 3. The molecule has 0 amide bonds. The van der Waals surface area contributed by atoms with Gasteiger partial charge in [-0.25, -0.2) is 0 Å². The normalized spacial score (nSPS) is 16.4. The number of rotatable bonds is 2. The number of para-hydroxylation sites is 1. The van der Waals surface area contributed by atoms with Gasteiger partial charge in [-0.1, -0.05) is 54.6 Å². The number of hydrogen-bond donors (Lipinski definition) is 2. The van der Waals surface area contributed by atoms with Crippen LogP contribution in [-0.4, -0.2) is 11.5 Å². The van der Waals surface area contributed by atoms with Gasteiger partial charge in [0.1, 0.15) is 0 Å². The van der Waals surface area contributed by atoms with Crippen LogP contribution in [0.4, 0.5) is 0 Å². The van der Waals surface area contributed by atoms with Crippen LogP contribution in [0.1, 0.15) is 22.9 Å². The first-order valence-corrected chi connectivity index (χ1v) is 9.59. The van der Waals surface area contributed by atoms with Crippen LogP contribution < -0.4 is 5.32 Å². The first kappa shape index (κ1) is 17.6. The minimum absolute atomic E-state index is 0. The number of H-pyrrole nitrogens is 1. The van der Waals surface area contributed by atoms with Crippen LogP contribution in [0.25, 0.3) is 21.7 Å². The van der Waals surface area contributed by atoms with Crippen LogP contribution >= 0.6 is 28.3 Å². The van der Waals surface area contributed by atoms with Gasteiger partial charge in [0.2, 0.25) is 0 Å². The van der Waals surface area contributed by atoms with E-state index < -0.39 is 0 Å². The molecule has 0 radical (unpaired) electrons. The van der Waals surface area contributed by atoms with Crippen LogP contribution in [0, 0.1) is 0 Å². The number of halogens is 2. The first-order valence-electron chi connectivity index (χ1n) is 8.80. The zero-order valence-corrected chi connectivity index (χ0v) is 16.7. The van der Waals surface area contributed by atoms with Crippen molar-refractivity contribution in [2.75, 3.05) is 6.54 Å². The second-order valence-electron chi connectivity index (χ2n) is 6.78. The lowest BCUT2D eigenvalue weighted by molar-refractivity contribution is 0.496. The summed E-state index contributed by atoms with van der Waals surface area (Å²) in [5.41, 5.74) is 5.45. The molecule has 26 heavy (non-hydrogen) atoms. The van der Waals surface area contributed by atoms with Crippen molar-refractivity contribution in [1.29, 1.82) is 0 Å². The maximum Gasteiger partial charge on any atom is 0.0603 e. The Kier molecular flexibility index (Phi) is 4.78. The molecule has 0 saturated heterocycles. The van der Waals surface area contributed by atoms with Crippen molar-refractivity contribution in [1.82, 2.24) is 10.3 Å². The second-order valence-corrected chi connectivity index (χ2v) is 7.63. The standard InChI is InChI=1S/C22H19BrN2.ClH/c23-19-10-4-9-17-18-11-12-24-20(22(18)25-21(17)19)13-15-7-3-6-14-5-1-2-8-16(14)15;/h1-10,20,24-25H,11-13H2;1H. The quantitative estimate of drug-likeness (QED) is 0.407. The highest BCUT2D eigenvalue weighted by atomic mass is 79.9. The van der Waals surface area contributed by atoms with E-state index in [1.54, 1.807) is 0 Å². The first-order chi connectivity index (χ1) is 12.3. The zero-order chi connectivity index (χ0) is 16.8. The average Bonchev–Trinajstić information content (AvgIpc) is 3.04. The van der Waals surface area contributed by atoms with E-state index in [9.17, 15) is 0 Å². The van der Waals surface area contributed by atoms with E-state index in [1.807, 2.05) is 0 Å². The lowest BCUT2D eigenvalue weighted by Crippen LogP contribution is -2.31. The molecule has 5 rings (SSSR count). The summed E-state index contributed by atoms with van der Waals surface area (Å²) in [6.07, 6.45) is 2.08. The molecule has 4 heteroatoms. The molecule has 0 spiro atoms. The monoisotopic (exact) mass is 426 g/mol. The van der Waals surface area contributed by atoms with Gasteiger partial charge < -0.3 is 10.3 Å². The molecule has 2 nitrogen and oxygen atoms in total. The highest BCUT2D eigenvalue weighted by Gasteiger charge is 2.25. The summed E-state index contributed by atoms with van der Waals surface area (Å²) in [4.78, 5) is 3.69. The molecule has 1 aliphatic heterocycles. The molecule has 1 aromatic heterocycles. The van der Waals surface area contributed by atoms with Crippen LogP contribution in [0.3, 0.4) is 0 Å². The summed E-state index contributed by atoms with van der Waals surface area (Å²) in [6, 6.07) is 22.1. The smallest absolute Gasteiger partial charge is 0.0603 e. The van der Waals surface area contributed by atoms with Crippen molar-refractivity contribution in [3.05, 3.63) is 82.0 Å². The Bertz CT molecular complexity index is 1080. The summed E-state index contributed by atoms with van der Waals surface area (Å²) in [5.74, 6) is 0. The lowest BCUT2D eigenvalue weighted by Gasteiger charge is -2.25. The molecule has 2 N–H and O–H groups in total. The zero-order valence-electron chi connectivity index (χ0n) is 14.3. The third-order valence-corrected chi connectivity index (χ3v) is 6.00. The van der Waals surface area contributed by atoms with E-state index >= 15 is 0 Å². The number of fused-ring (bicyclic) bond motifs is 4. The Morgan fingerprint density at radius 1 is 0.923 bits per heavy atom. The maximum atomic E-state index is 3.72. The summed E-state index contributed by atoms with van der Waals surface area (Å²) >= 11 is 3.69. The van der Waals surface area contributed by atoms with Crippen molar-refractivity contribution in [2.24, 2.45) is 0 Å². The molecule has 1 atom stereocenters. The highest BCUT2D eigenvalue weighted by molar-refractivity contribution is 9.10. The lowest BCUT2D eigenvalue weighted by atomic mass is 9.92. The minimum Gasteiger partial charge on any atom is -0.356 e. The third-order valence-electron chi connectivity index (χ3n) is 5.34. The van der Waals surface area contributed by atoms with Gasteiger partial charge in [0.05, 0.1) is 11.6 Å². The predicted molar refractivity (Wildman–Crippen MR) is 115 cm³/mol. The third kappa shape index (κ3) is 2.84. The molecule has 132 valence electrons. The molecule has 0 aliphatic carbocycles. The van der Waals surface area contributed by atoms with Crippen molar-refractivity contribution in [3.8, 4) is 0 Å². The van der Waals surface area contributed by atoms with E-state index in [4.69, 9.17) is 0 Å². The molecule has 4 aromatic rings. The van der Waals surface area contributed by atoms with Crippen molar-refractivity contribution < 1.29 is 0 Å². The van der Waals surface area contributed by atoms with Gasteiger partial charge in [0.25, 0.3) is 0 Å². The molecular formula is C22H20BrClN2. The Balaban J connectivity index is 0.00000168. The molecule has 0 bridgehead atoms. The Morgan fingerprint density at radius 3 is 2.62 bits per heavy atom. The fraction of sp³-hybridized carbons (Fsp3) is 0.182. The molecule has 1 aliphatic rings. The summed E-state index contributed by atoms with van der Waals surface area (Å²) in [7, 11) is 0. The molecule has 3 aromatic carbocycles. The van der Waals surface area contributed by atoms with Crippen molar-refractivity contribution >= 4 is 50.0 Å².